The Morgan fingerprint density at radius 1 is 1.50 bits per heavy atom. The summed E-state index contributed by atoms with van der Waals surface area (Å²) in [6, 6.07) is 2.01. The Labute approximate surface area is 84.3 Å². The number of aromatic nitrogens is 2. The molecule has 1 aromatic rings. The van der Waals surface area contributed by atoms with Crippen LogP contribution >= 0.6 is 0 Å². The van der Waals surface area contributed by atoms with Crippen LogP contribution in [0.2, 0.25) is 0 Å². The number of hydrogen-bond acceptors (Lipinski definition) is 5. The van der Waals surface area contributed by atoms with Gasteiger partial charge in [-0.3, -0.25) is 0 Å². The lowest BCUT2D eigenvalue weighted by molar-refractivity contribution is 0.776. The second-order valence-electron chi connectivity index (χ2n) is 3.51. The third kappa shape index (κ3) is 3.18. The molecule has 0 aliphatic carbocycles. The van der Waals surface area contributed by atoms with E-state index in [9.17, 15) is 0 Å². The smallest absolute Gasteiger partial charge is 0.133 e. The van der Waals surface area contributed by atoms with Crippen molar-refractivity contribution in [3.05, 3.63) is 12.4 Å². The van der Waals surface area contributed by atoms with Crippen molar-refractivity contribution < 1.29 is 0 Å². The molecule has 0 aliphatic rings. The minimum absolute atomic E-state index is 0.118. The van der Waals surface area contributed by atoms with E-state index >= 15 is 0 Å². The van der Waals surface area contributed by atoms with Crippen molar-refractivity contribution in [2.24, 2.45) is 5.73 Å². The summed E-state index contributed by atoms with van der Waals surface area (Å²) in [5.74, 6) is 1.69. The summed E-state index contributed by atoms with van der Waals surface area (Å²) < 4.78 is 0. The Bertz CT molecular complexity index is 284. The highest BCUT2D eigenvalue weighted by Gasteiger charge is 2.00. The topological polar surface area (TPSA) is 67.1 Å². The van der Waals surface area contributed by atoms with Crippen LogP contribution in [0, 0.1) is 0 Å². The van der Waals surface area contributed by atoms with E-state index < -0.39 is 0 Å². The van der Waals surface area contributed by atoms with Gasteiger partial charge < -0.3 is 16.0 Å². The molecule has 0 amide bonds. The van der Waals surface area contributed by atoms with E-state index in [0.29, 0.717) is 6.54 Å². The van der Waals surface area contributed by atoms with Crippen LogP contribution in [0.1, 0.15) is 6.92 Å². The first-order chi connectivity index (χ1) is 6.59. The van der Waals surface area contributed by atoms with Gasteiger partial charge in [0.05, 0.1) is 0 Å². The lowest BCUT2D eigenvalue weighted by atomic mass is 10.3. The van der Waals surface area contributed by atoms with Crippen LogP contribution in [0.15, 0.2) is 12.4 Å². The molecule has 1 aromatic heterocycles. The highest BCUT2D eigenvalue weighted by atomic mass is 15.2. The summed E-state index contributed by atoms with van der Waals surface area (Å²) in [4.78, 5) is 10.1. The molecule has 0 radical (unpaired) electrons. The van der Waals surface area contributed by atoms with Gasteiger partial charge >= 0.3 is 0 Å². The lowest BCUT2D eigenvalue weighted by Gasteiger charge is -2.13. The van der Waals surface area contributed by atoms with Gasteiger partial charge in [-0.1, -0.05) is 0 Å². The molecule has 1 unspecified atom stereocenters. The summed E-state index contributed by atoms with van der Waals surface area (Å²) in [5, 5.41) is 3.14. The van der Waals surface area contributed by atoms with E-state index in [0.717, 1.165) is 11.6 Å². The maximum absolute atomic E-state index is 5.62. The minimum Gasteiger partial charge on any atom is -0.368 e. The van der Waals surface area contributed by atoms with Gasteiger partial charge in [0.15, 0.2) is 0 Å². The summed E-state index contributed by atoms with van der Waals surface area (Å²) in [7, 11) is 3.88. The predicted molar refractivity (Wildman–Crippen MR) is 58.5 cm³/mol. The maximum Gasteiger partial charge on any atom is 0.133 e. The molecule has 0 fully saturated rings. The largest absolute Gasteiger partial charge is 0.368 e. The fourth-order valence-corrected chi connectivity index (χ4v) is 0.954. The van der Waals surface area contributed by atoms with Gasteiger partial charge in [0.2, 0.25) is 0 Å². The van der Waals surface area contributed by atoms with Crippen LogP contribution in [-0.2, 0) is 0 Å². The monoisotopic (exact) mass is 195 g/mol. The molecule has 0 aliphatic heterocycles. The van der Waals surface area contributed by atoms with E-state index in [2.05, 4.69) is 15.3 Å². The van der Waals surface area contributed by atoms with E-state index in [4.69, 9.17) is 5.73 Å². The molecule has 1 rings (SSSR count). The molecule has 1 heterocycles. The van der Waals surface area contributed by atoms with Crippen molar-refractivity contribution >= 4 is 11.6 Å². The summed E-state index contributed by atoms with van der Waals surface area (Å²) in [5.41, 5.74) is 5.62. The van der Waals surface area contributed by atoms with Crippen molar-refractivity contribution in [1.29, 1.82) is 0 Å². The highest BCUT2D eigenvalue weighted by Crippen LogP contribution is 2.10. The zero-order chi connectivity index (χ0) is 10.6. The maximum atomic E-state index is 5.62. The van der Waals surface area contributed by atoms with Crippen LogP contribution in [0.4, 0.5) is 11.6 Å². The normalized spacial score (nSPS) is 12.3. The van der Waals surface area contributed by atoms with Gasteiger partial charge in [0.1, 0.15) is 18.0 Å². The zero-order valence-corrected chi connectivity index (χ0v) is 8.86. The van der Waals surface area contributed by atoms with Gasteiger partial charge in [-0.15, -0.1) is 0 Å². The van der Waals surface area contributed by atoms with E-state index in [1.54, 1.807) is 6.33 Å². The first-order valence-electron chi connectivity index (χ1n) is 4.58. The number of anilines is 2. The molecular formula is C9H17N5. The van der Waals surface area contributed by atoms with Gasteiger partial charge in [0, 0.05) is 32.7 Å². The first-order valence-corrected chi connectivity index (χ1v) is 4.58. The highest BCUT2D eigenvalue weighted by molar-refractivity contribution is 5.47. The number of rotatable bonds is 4. The number of nitrogens with one attached hydrogen (secondary N) is 1. The SMILES string of the molecule is CC(N)CNc1cc(N(C)C)ncn1. The molecule has 1 atom stereocenters. The summed E-state index contributed by atoms with van der Waals surface area (Å²) in [6.45, 7) is 2.66. The van der Waals surface area contributed by atoms with Gasteiger partial charge in [-0.2, -0.15) is 0 Å². The molecule has 14 heavy (non-hydrogen) atoms. The van der Waals surface area contributed by atoms with Crippen LogP contribution < -0.4 is 16.0 Å². The molecule has 0 spiro atoms. The molecule has 0 saturated heterocycles. The molecule has 0 bridgehead atoms. The van der Waals surface area contributed by atoms with Crippen molar-refractivity contribution in [2.45, 2.75) is 13.0 Å². The zero-order valence-electron chi connectivity index (χ0n) is 8.86. The molecule has 0 aromatic carbocycles. The summed E-state index contributed by atoms with van der Waals surface area (Å²) >= 11 is 0. The van der Waals surface area contributed by atoms with E-state index in [1.807, 2.05) is 32.0 Å². The quantitative estimate of drug-likeness (QED) is 0.723. The van der Waals surface area contributed by atoms with Gasteiger partial charge in [-0.05, 0) is 6.92 Å². The third-order valence-electron chi connectivity index (χ3n) is 1.72. The van der Waals surface area contributed by atoms with Crippen LogP contribution in [0.5, 0.6) is 0 Å². The van der Waals surface area contributed by atoms with Crippen molar-refractivity contribution in [2.75, 3.05) is 30.9 Å². The number of nitrogens with two attached hydrogens (primary N) is 1. The minimum atomic E-state index is 0.118. The van der Waals surface area contributed by atoms with Crippen molar-refractivity contribution in [1.82, 2.24) is 9.97 Å². The Hall–Kier alpha value is -1.36. The molecule has 78 valence electrons. The number of hydrogen-bond donors (Lipinski definition) is 2. The fraction of sp³-hybridized carbons (Fsp3) is 0.556. The molecule has 5 heteroatoms. The van der Waals surface area contributed by atoms with E-state index in [-0.39, 0.29) is 6.04 Å². The van der Waals surface area contributed by atoms with Gasteiger partial charge in [-0.25, -0.2) is 9.97 Å². The Morgan fingerprint density at radius 3 is 2.79 bits per heavy atom. The number of nitrogens with zero attached hydrogens (tertiary/aromatic N) is 3. The van der Waals surface area contributed by atoms with Crippen LogP contribution in [0.25, 0.3) is 0 Å². The van der Waals surface area contributed by atoms with Crippen molar-refractivity contribution in [3.8, 4) is 0 Å². The second kappa shape index (κ2) is 4.76. The average molecular weight is 195 g/mol. The molecule has 3 N–H and O–H groups in total. The predicted octanol–water partition coefficient (Wildman–Crippen LogP) is 0.302. The summed E-state index contributed by atoms with van der Waals surface area (Å²) in [6.07, 6.45) is 1.54. The first kappa shape index (κ1) is 10.7. The molecule has 0 saturated carbocycles. The molecule has 5 nitrogen and oxygen atoms in total. The Morgan fingerprint density at radius 2 is 2.21 bits per heavy atom. The fourth-order valence-electron chi connectivity index (χ4n) is 0.954. The van der Waals surface area contributed by atoms with Crippen molar-refractivity contribution in [3.63, 3.8) is 0 Å². The molecular weight excluding hydrogens is 178 g/mol. The Balaban J connectivity index is 2.64. The Kier molecular flexibility index (Phi) is 3.64. The van der Waals surface area contributed by atoms with E-state index in [1.165, 1.54) is 0 Å². The standard InChI is InChI=1S/C9H17N5/c1-7(10)5-11-8-4-9(14(2)3)13-6-12-8/h4,6-7H,5,10H2,1-3H3,(H,11,12,13). The van der Waals surface area contributed by atoms with Gasteiger partial charge in [0.25, 0.3) is 0 Å². The third-order valence-corrected chi connectivity index (χ3v) is 1.72. The van der Waals surface area contributed by atoms with Crippen LogP contribution in [0.3, 0.4) is 0 Å². The van der Waals surface area contributed by atoms with Crippen LogP contribution in [-0.4, -0.2) is 36.6 Å². The average Bonchev–Trinajstić information content (AvgIpc) is 2.15. The lowest BCUT2D eigenvalue weighted by Crippen LogP contribution is -2.25. The second-order valence-corrected chi connectivity index (χ2v) is 3.51.